The maximum Gasteiger partial charge on any atom is 0.199 e. The Morgan fingerprint density at radius 2 is 1.78 bits per heavy atom. The number of hydrogen-bond donors (Lipinski definition) is 1. The second kappa shape index (κ2) is 4.25. The zero-order valence-corrected chi connectivity index (χ0v) is 9.88. The summed E-state index contributed by atoms with van der Waals surface area (Å²) < 4.78 is 31.8. The summed E-state index contributed by atoms with van der Waals surface area (Å²) in [4.78, 5) is 12.1. The van der Waals surface area contributed by atoms with Crippen LogP contribution in [0.15, 0.2) is 22.6 Å². The first-order chi connectivity index (χ1) is 8.40. The Kier molecular flexibility index (Phi) is 2.90. The zero-order valence-electron chi connectivity index (χ0n) is 9.88. The maximum absolute atomic E-state index is 13.6. The number of nitrogens with two attached hydrogens (primary N) is 1. The number of carbonyl (C=O) groups is 1. The van der Waals surface area contributed by atoms with Gasteiger partial charge in [0.1, 0.15) is 23.2 Å². The zero-order chi connectivity index (χ0) is 13.4. The number of carbonyl (C=O) groups excluding carboxylic acids is 1. The first kappa shape index (κ1) is 12.3. The van der Waals surface area contributed by atoms with Crippen LogP contribution in [0.3, 0.4) is 0 Å². The number of furan rings is 1. The van der Waals surface area contributed by atoms with Crippen molar-refractivity contribution in [2.75, 3.05) is 5.73 Å². The molecule has 1 heterocycles. The average molecular weight is 251 g/mol. The third-order valence-corrected chi connectivity index (χ3v) is 2.62. The molecule has 0 fully saturated rings. The van der Waals surface area contributed by atoms with E-state index in [9.17, 15) is 13.6 Å². The number of anilines is 1. The third kappa shape index (κ3) is 1.99. The molecule has 0 aliphatic carbocycles. The summed E-state index contributed by atoms with van der Waals surface area (Å²) in [5, 5.41) is 0. The van der Waals surface area contributed by atoms with Gasteiger partial charge in [-0.15, -0.1) is 0 Å². The number of hydrogen-bond acceptors (Lipinski definition) is 3. The smallest absolute Gasteiger partial charge is 0.199 e. The second-order valence-corrected chi connectivity index (χ2v) is 4.01. The predicted molar refractivity (Wildman–Crippen MR) is 62.4 cm³/mol. The van der Waals surface area contributed by atoms with Gasteiger partial charge in [-0.2, -0.15) is 0 Å². The van der Waals surface area contributed by atoms with Crippen LogP contribution in [0.1, 0.15) is 27.4 Å². The van der Waals surface area contributed by atoms with Crippen molar-refractivity contribution in [1.29, 1.82) is 0 Å². The topological polar surface area (TPSA) is 56.2 Å². The van der Waals surface area contributed by atoms with Crippen LogP contribution in [-0.2, 0) is 0 Å². The van der Waals surface area contributed by atoms with E-state index in [2.05, 4.69) is 0 Å². The van der Waals surface area contributed by atoms with Crippen LogP contribution in [-0.4, -0.2) is 5.78 Å². The predicted octanol–water partition coefficient (Wildman–Crippen LogP) is 2.99. The Morgan fingerprint density at radius 3 is 2.33 bits per heavy atom. The van der Waals surface area contributed by atoms with E-state index in [0.717, 1.165) is 6.07 Å². The Bertz CT molecular complexity index is 632. The molecule has 1 aromatic carbocycles. The normalized spacial score (nSPS) is 10.7. The molecular weight excluding hydrogens is 240 g/mol. The minimum Gasteiger partial charge on any atom is -0.466 e. The fourth-order valence-electron chi connectivity index (χ4n) is 1.74. The van der Waals surface area contributed by atoms with E-state index in [1.165, 1.54) is 6.07 Å². The molecule has 0 amide bonds. The number of ketones is 1. The number of aryl methyl sites for hydroxylation is 2. The first-order valence-corrected chi connectivity index (χ1v) is 5.26. The molecule has 0 saturated heterocycles. The van der Waals surface area contributed by atoms with Gasteiger partial charge >= 0.3 is 0 Å². The van der Waals surface area contributed by atoms with Crippen LogP contribution in [0, 0.1) is 25.5 Å². The summed E-state index contributed by atoms with van der Waals surface area (Å²) in [6.45, 7) is 3.28. The highest BCUT2D eigenvalue weighted by atomic mass is 19.1. The van der Waals surface area contributed by atoms with Gasteiger partial charge in [-0.25, -0.2) is 8.78 Å². The molecule has 2 rings (SSSR count). The summed E-state index contributed by atoms with van der Waals surface area (Å²) >= 11 is 0. The molecule has 0 aliphatic heterocycles. The van der Waals surface area contributed by atoms with Crippen LogP contribution in [0.25, 0.3) is 0 Å². The van der Waals surface area contributed by atoms with Crippen molar-refractivity contribution in [2.45, 2.75) is 13.8 Å². The van der Waals surface area contributed by atoms with E-state index >= 15 is 0 Å². The van der Waals surface area contributed by atoms with Gasteiger partial charge in [0.15, 0.2) is 5.78 Å². The molecule has 0 atom stereocenters. The summed E-state index contributed by atoms with van der Waals surface area (Å²) in [6, 6.07) is 3.11. The molecule has 2 aromatic rings. The van der Waals surface area contributed by atoms with Gasteiger partial charge in [0.25, 0.3) is 0 Å². The van der Waals surface area contributed by atoms with Crippen molar-refractivity contribution >= 4 is 11.5 Å². The first-order valence-electron chi connectivity index (χ1n) is 5.26. The maximum atomic E-state index is 13.6. The van der Waals surface area contributed by atoms with Gasteiger partial charge in [0.2, 0.25) is 0 Å². The molecule has 0 unspecified atom stereocenters. The number of rotatable bonds is 2. The van der Waals surface area contributed by atoms with Crippen LogP contribution in [0.2, 0.25) is 0 Å². The monoisotopic (exact) mass is 251 g/mol. The lowest BCUT2D eigenvalue weighted by Gasteiger charge is -2.04. The lowest BCUT2D eigenvalue weighted by Crippen LogP contribution is -2.07. The minimum absolute atomic E-state index is 0.248. The fraction of sp³-hybridized carbons (Fsp3) is 0.154. The summed E-state index contributed by atoms with van der Waals surface area (Å²) in [7, 11) is 0. The van der Waals surface area contributed by atoms with E-state index in [1.54, 1.807) is 13.8 Å². The van der Waals surface area contributed by atoms with Crippen LogP contribution < -0.4 is 5.73 Å². The lowest BCUT2D eigenvalue weighted by molar-refractivity contribution is 0.103. The molecule has 5 heteroatoms. The minimum atomic E-state index is -0.940. The number of benzene rings is 1. The molecule has 94 valence electrons. The molecule has 2 N–H and O–H groups in total. The third-order valence-electron chi connectivity index (χ3n) is 2.62. The summed E-state index contributed by atoms with van der Waals surface area (Å²) in [5.41, 5.74) is 5.05. The molecule has 0 bridgehead atoms. The number of nitrogen functional groups attached to an aromatic ring is 1. The SMILES string of the molecule is Cc1cc(C(=O)c2cc(N)c(F)cc2F)c(C)o1. The number of halogens is 2. The summed E-state index contributed by atoms with van der Waals surface area (Å²) in [6.07, 6.45) is 0. The molecule has 3 nitrogen and oxygen atoms in total. The average Bonchev–Trinajstić information content (AvgIpc) is 2.62. The van der Waals surface area contributed by atoms with E-state index in [1.807, 2.05) is 0 Å². The quantitative estimate of drug-likeness (QED) is 0.659. The van der Waals surface area contributed by atoms with Crippen molar-refractivity contribution in [3.63, 3.8) is 0 Å². The lowest BCUT2D eigenvalue weighted by atomic mass is 10.0. The highest BCUT2D eigenvalue weighted by Gasteiger charge is 2.20. The van der Waals surface area contributed by atoms with Gasteiger partial charge in [0, 0.05) is 6.07 Å². The van der Waals surface area contributed by atoms with Gasteiger partial charge in [0.05, 0.1) is 16.8 Å². The standard InChI is InChI=1S/C13H11F2NO2/c1-6-3-8(7(2)18-6)13(17)9-4-12(16)11(15)5-10(9)14/h3-5H,16H2,1-2H3. The Hall–Kier alpha value is -2.17. The molecular formula is C13H11F2NO2. The largest absolute Gasteiger partial charge is 0.466 e. The van der Waals surface area contributed by atoms with Crippen LogP contribution in [0.5, 0.6) is 0 Å². The molecule has 0 spiro atoms. The van der Waals surface area contributed by atoms with E-state index in [4.69, 9.17) is 10.2 Å². The fourth-order valence-corrected chi connectivity index (χ4v) is 1.74. The van der Waals surface area contributed by atoms with Crippen molar-refractivity contribution in [3.05, 3.63) is 52.5 Å². The van der Waals surface area contributed by atoms with Crippen molar-refractivity contribution in [2.24, 2.45) is 0 Å². The van der Waals surface area contributed by atoms with Gasteiger partial charge in [-0.05, 0) is 26.0 Å². The Labute approximate surface area is 102 Å². The van der Waals surface area contributed by atoms with E-state index in [-0.39, 0.29) is 16.8 Å². The Morgan fingerprint density at radius 1 is 1.11 bits per heavy atom. The molecule has 0 saturated carbocycles. The highest BCUT2D eigenvalue weighted by molar-refractivity contribution is 6.10. The van der Waals surface area contributed by atoms with Gasteiger partial charge in [-0.3, -0.25) is 4.79 Å². The van der Waals surface area contributed by atoms with Gasteiger partial charge < -0.3 is 10.2 Å². The van der Waals surface area contributed by atoms with Crippen molar-refractivity contribution < 1.29 is 18.0 Å². The van der Waals surface area contributed by atoms with Crippen molar-refractivity contribution in [3.8, 4) is 0 Å². The second-order valence-electron chi connectivity index (χ2n) is 4.01. The van der Waals surface area contributed by atoms with Gasteiger partial charge in [-0.1, -0.05) is 0 Å². The van der Waals surface area contributed by atoms with Crippen LogP contribution in [0.4, 0.5) is 14.5 Å². The Balaban J connectivity index is 2.53. The molecule has 1 aromatic heterocycles. The molecule has 18 heavy (non-hydrogen) atoms. The van der Waals surface area contributed by atoms with E-state index in [0.29, 0.717) is 17.6 Å². The van der Waals surface area contributed by atoms with E-state index < -0.39 is 17.4 Å². The highest BCUT2D eigenvalue weighted by Crippen LogP contribution is 2.22. The molecule has 0 radical (unpaired) electrons. The summed E-state index contributed by atoms with van der Waals surface area (Å²) in [5.74, 6) is -1.46. The van der Waals surface area contributed by atoms with Crippen LogP contribution >= 0.6 is 0 Å². The molecule has 0 aliphatic rings. The van der Waals surface area contributed by atoms with Crippen molar-refractivity contribution in [1.82, 2.24) is 0 Å².